The van der Waals surface area contributed by atoms with Gasteiger partial charge in [-0.1, -0.05) is 25.1 Å². The molecule has 3 heteroatoms. The Labute approximate surface area is 110 Å². The predicted molar refractivity (Wildman–Crippen MR) is 77.7 cm³/mol. The normalized spacial score (nSPS) is 10.2. The van der Waals surface area contributed by atoms with Gasteiger partial charge < -0.3 is 11.1 Å². The van der Waals surface area contributed by atoms with E-state index in [-0.39, 0.29) is 0 Å². The second-order valence-electron chi connectivity index (χ2n) is 3.87. The number of aryl methyl sites for hydroxylation is 1. The number of hydrogen-bond donors (Lipinski definition) is 2. The van der Waals surface area contributed by atoms with Crippen LogP contribution in [0.15, 0.2) is 46.9 Å². The SMILES string of the molecule is CCc1ccccc1Nc1ccc(N)cc1Br. The fourth-order valence-electron chi connectivity index (χ4n) is 1.73. The second-order valence-corrected chi connectivity index (χ2v) is 4.73. The molecule has 0 aromatic heterocycles. The lowest BCUT2D eigenvalue weighted by molar-refractivity contribution is 1.14. The summed E-state index contributed by atoms with van der Waals surface area (Å²) in [7, 11) is 0. The molecule has 0 aliphatic carbocycles. The highest BCUT2D eigenvalue weighted by atomic mass is 79.9. The van der Waals surface area contributed by atoms with E-state index in [4.69, 9.17) is 5.73 Å². The molecular weight excluding hydrogens is 276 g/mol. The zero-order valence-electron chi connectivity index (χ0n) is 9.70. The molecule has 2 aromatic rings. The smallest absolute Gasteiger partial charge is 0.0530 e. The second kappa shape index (κ2) is 5.23. The topological polar surface area (TPSA) is 38.0 Å². The summed E-state index contributed by atoms with van der Waals surface area (Å²) in [5, 5.41) is 3.42. The van der Waals surface area contributed by atoms with Crippen LogP contribution in [0.1, 0.15) is 12.5 Å². The molecule has 0 saturated carbocycles. The van der Waals surface area contributed by atoms with Crippen LogP contribution in [0.4, 0.5) is 17.1 Å². The van der Waals surface area contributed by atoms with Gasteiger partial charge in [0.25, 0.3) is 0 Å². The van der Waals surface area contributed by atoms with Gasteiger partial charge in [0, 0.05) is 15.8 Å². The molecule has 0 fully saturated rings. The molecule has 0 radical (unpaired) electrons. The van der Waals surface area contributed by atoms with Gasteiger partial charge in [-0.05, 0) is 52.2 Å². The summed E-state index contributed by atoms with van der Waals surface area (Å²) in [5.74, 6) is 0. The van der Waals surface area contributed by atoms with Crippen LogP contribution >= 0.6 is 15.9 Å². The van der Waals surface area contributed by atoms with Gasteiger partial charge >= 0.3 is 0 Å². The zero-order chi connectivity index (χ0) is 12.3. The van der Waals surface area contributed by atoms with Crippen LogP contribution in [-0.4, -0.2) is 0 Å². The van der Waals surface area contributed by atoms with Crippen molar-refractivity contribution in [1.82, 2.24) is 0 Å². The van der Waals surface area contributed by atoms with Crippen molar-refractivity contribution in [3.05, 3.63) is 52.5 Å². The van der Waals surface area contributed by atoms with Crippen LogP contribution in [0.5, 0.6) is 0 Å². The van der Waals surface area contributed by atoms with Crippen LogP contribution in [0.2, 0.25) is 0 Å². The molecule has 17 heavy (non-hydrogen) atoms. The maximum Gasteiger partial charge on any atom is 0.0530 e. The molecule has 0 unspecified atom stereocenters. The molecule has 0 heterocycles. The third kappa shape index (κ3) is 2.80. The molecule has 88 valence electrons. The van der Waals surface area contributed by atoms with Gasteiger partial charge in [0.05, 0.1) is 5.69 Å². The lowest BCUT2D eigenvalue weighted by atomic mass is 10.1. The third-order valence-corrected chi connectivity index (χ3v) is 3.32. The molecule has 0 amide bonds. The van der Waals surface area contributed by atoms with Crippen LogP contribution in [-0.2, 0) is 6.42 Å². The molecule has 0 aliphatic rings. The van der Waals surface area contributed by atoms with Crippen LogP contribution < -0.4 is 11.1 Å². The van der Waals surface area contributed by atoms with Crippen LogP contribution in [0.3, 0.4) is 0 Å². The summed E-state index contributed by atoms with van der Waals surface area (Å²) in [6.45, 7) is 2.15. The maximum absolute atomic E-state index is 5.72. The zero-order valence-corrected chi connectivity index (χ0v) is 11.3. The van der Waals surface area contributed by atoms with Gasteiger partial charge in [-0.25, -0.2) is 0 Å². The first-order chi connectivity index (χ1) is 8.20. The molecule has 0 aliphatic heterocycles. The number of anilines is 3. The van der Waals surface area contributed by atoms with E-state index >= 15 is 0 Å². The Morgan fingerprint density at radius 3 is 2.59 bits per heavy atom. The van der Waals surface area contributed by atoms with Crippen molar-refractivity contribution in [1.29, 1.82) is 0 Å². The summed E-state index contributed by atoms with van der Waals surface area (Å²) in [6.07, 6.45) is 1.01. The standard InChI is InChI=1S/C14H15BrN2/c1-2-10-5-3-4-6-13(10)17-14-8-7-11(16)9-12(14)15/h3-9,17H,2,16H2,1H3. The van der Waals surface area contributed by atoms with Crippen LogP contribution in [0, 0.1) is 0 Å². The average molecular weight is 291 g/mol. The number of nitrogens with one attached hydrogen (secondary N) is 1. The predicted octanol–water partition coefficient (Wildman–Crippen LogP) is 4.34. The van der Waals surface area contributed by atoms with E-state index in [9.17, 15) is 0 Å². The monoisotopic (exact) mass is 290 g/mol. The van der Waals surface area contributed by atoms with Gasteiger partial charge in [0.1, 0.15) is 0 Å². The number of nitrogens with two attached hydrogens (primary N) is 1. The molecule has 0 saturated heterocycles. The van der Waals surface area contributed by atoms with Gasteiger partial charge in [-0.2, -0.15) is 0 Å². The highest BCUT2D eigenvalue weighted by Gasteiger charge is 2.03. The summed E-state index contributed by atoms with van der Waals surface area (Å²) in [4.78, 5) is 0. The molecule has 0 atom stereocenters. The molecule has 0 spiro atoms. The largest absolute Gasteiger partial charge is 0.399 e. The Morgan fingerprint density at radius 1 is 1.12 bits per heavy atom. The van der Waals surface area contributed by atoms with Gasteiger partial charge in [0.15, 0.2) is 0 Å². The maximum atomic E-state index is 5.72. The Hall–Kier alpha value is -1.48. The van der Waals surface area contributed by atoms with E-state index in [1.165, 1.54) is 5.56 Å². The van der Waals surface area contributed by atoms with Crippen molar-refractivity contribution in [2.24, 2.45) is 0 Å². The number of hydrogen-bond acceptors (Lipinski definition) is 2. The lowest BCUT2D eigenvalue weighted by Crippen LogP contribution is -1.96. The van der Waals surface area contributed by atoms with Crippen molar-refractivity contribution in [3.8, 4) is 0 Å². The highest BCUT2D eigenvalue weighted by molar-refractivity contribution is 9.10. The van der Waals surface area contributed by atoms with E-state index in [2.05, 4.69) is 46.4 Å². The number of rotatable bonds is 3. The average Bonchev–Trinajstić information content (AvgIpc) is 2.33. The lowest BCUT2D eigenvalue weighted by Gasteiger charge is -2.12. The third-order valence-electron chi connectivity index (χ3n) is 2.66. The van der Waals surface area contributed by atoms with Crippen molar-refractivity contribution in [2.75, 3.05) is 11.1 Å². The Kier molecular flexibility index (Phi) is 3.69. The van der Waals surface area contributed by atoms with Crippen LogP contribution in [0.25, 0.3) is 0 Å². The van der Waals surface area contributed by atoms with E-state index in [1.54, 1.807) is 0 Å². The van der Waals surface area contributed by atoms with E-state index in [0.29, 0.717) is 0 Å². The number of para-hydroxylation sites is 1. The van der Waals surface area contributed by atoms with Crippen molar-refractivity contribution >= 4 is 33.0 Å². The molecule has 0 bridgehead atoms. The summed E-state index contributed by atoms with van der Waals surface area (Å²) < 4.78 is 0.975. The van der Waals surface area contributed by atoms with Crippen molar-refractivity contribution in [3.63, 3.8) is 0 Å². The molecule has 2 aromatic carbocycles. The highest BCUT2D eigenvalue weighted by Crippen LogP contribution is 2.29. The minimum atomic E-state index is 0.756. The van der Waals surface area contributed by atoms with E-state index in [1.807, 2.05) is 24.3 Å². The first-order valence-corrected chi connectivity index (χ1v) is 6.40. The summed E-state index contributed by atoms with van der Waals surface area (Å²) in [6, 6.07) is 14.1. The first kappa shape index (κ1) is 12.0. The molecule has 3 N–H and O–H groups in total. The Balaban J connectivity index is 2.31. The summed E-state index contributed by atoms with van der Waals surface area (Å²) in [5.41, 5.74) is 9.94. The van der Waals surface area contributed by atoms with E-state index in [0.717, 1.165) is 28.0 Å². The fourth-order valence-corrected chi connectivity index (χ4v) is 2.22. The number of benzene rings is 2. The Bertz CT molecular complexity index is 523. The first-order valence-electron chi connectivity index (χ1n) is 5.60. The summed E-state index contributed by atoms with van der Waals surface area (Å²) >= 11 is 3.51. The fraction of sp³-hybridized carbons (Fsp3) is 0.143. The van der Waals surface area contributed by atoms with Gasteiger partial charge in [-0.15, -0.1) is 0 Å². The van der Waals surface area contributed by atoms with E-state index < -0.39 is 0 Å². The Morgan fingerprint density at radius 2 is 1.88 bits per heavy atom. The number of nitrogen functional groups attached to an aromatic ring is 1. The van der Waals surface area contributed by atoms with Crippen molar-refractivity contribution < 1.29 is 0 Å². The van der Waals surface area contributed by atoms with Gasteiger partial charge in [0.2, 0.25) is 0 Å². The minimum absolute atomic E-state index is 0.756. The molecule has 2 rings (SSSR count). The quantitative estimate of drug-likeness (QED) is 0.826. The minimum Gasteiger partial charge on any atom is -0.399 e. The van der Waals surface area contributed by atoms with Crippen molar-refractivity contribution in [2.45, 2.75) is 13.3 Å². The molecular formula is C14H15BrN2. The van der Waals surface area contributed by atoms with Gasteiger partial charge in [-0.3, -0.25) is 0 Å². The molecule has 2 nitrogen and oxygen atoms in total. The number of halogens is 1.